The number of hydrogen-bond acceptors (Lipinski definition) is 3. The highest BCUT2D eigenvalue weighted by Crippen LogP contribution is 2.55. The van der Waals surface area contributed by atoms with E-state index in [9.17, 15) is 4.79 Å². The fourth-order valence-electron chi connectivity index (χ4n) is 2.43. The summed E-state index contributed by atoms with van der Waals surface area (Å²) in [6.45, 7) is 3.90. The van der Waals surface area contributed by atoms with Crippen LogP contribution in [0.15, 0.2) is 18.2 Å². The van der Waals surface area contributed by atoms with Crippen LogP contribution in [0.4, 0.5) is 0 Å². The summed E-state index contributed by atoms with van der Waals surface area (Å²) in [6, 6.07) is 5.69. The molecule has 0 aromatic heterocycles. The Hall–Kier alpha value is -1.71. The Bertz CT molecular complexity index is 475. The molecule has 0 saturated heterocycles. The summed E-state index contributed by atoms with van der Waals surface area (Å²) in [6.07, 6.45) is 1.95. The first-order valence-corrected chi connectivity index (χ1v) is 6.54. The van der Waals surface area contributed by atoms with Gasteiger partial charge >= 0.3 is 5.97 Å². The van der Waals surface area contributed by atoms with Crippen LogP contribution in [0.3, 0.4) is 0 Å². The lowest BCUT2D eigenvalue weighted by molar-refractivity contribution is -0.137. The number of aliphatic carboxylic acids is 1. The number of benzene rings is 1. The van der Waals surface area contributed by atoms with Crippen LogP contribution >= 0.6 is 0 Å². The maximum Gasteiger partial charge on any atom is 0.304 e. The zero-order valence-corrected chi connectivity index (χ0v) is 11.6. The number of hydrogen-bond donors (Lipinski definition) is 1. The molecule has 2 rings (SSSR count). The van der Waals surface area contributed by atoms with Gasteiger partial charge in [0.2, 0.25) is 0 Å². The van der Waals surface area contributed by atoms with Crippen LogP contribution in [0.2, 0.25) is 0 Å². The highest BCUT2D eigenvalue weighted by molar-refractivity contribution is 5.71. The fourth-order valence-corrected chi connectivity index (χ4v) is 2.43. The van der Waals surface area contributed by atoms with Crippen LogP contribution in [-0.2, 0) is 10.2 Å². The second-order valence-electron chi connectivity index (χ2n) is 5.35. The molecule has 19 heavy (non-hydrogen) atoms. The number of carboxylic acids is 1. The lowest BCUT2D eigenvalue weighted by atomic mass is 9.91. The first-order chi connectivity index (χ1) is 8.98. The van der Waals surface area contributed by atoms with Crippen molar-refractivity contribution in [2.24, 2.45) is 0 Å². The molecule has 4 nitrogen and oxygen atoms in total. The molecular formula is C15H20O4. The maximum absolute atomic E-state index is 11.0. The molecule has 1 aliphatic carbocycles. The Labute approximate surface area is 113 Å². The molecule has 1 saturated carbocycles. The third-order valence-electron chi connectivity index (χ3n) is 3.47. The molecule has 0 spiro atoms. The van der Waals surface area contributed by atoms with Crippen molar-refractivity contribution in [2.45, 2.75) is 44.6 Å². The van der Waals surface area contributed by atoms with E-state index in [-0.39, 0.29) is 17.9 Å². The number of ether oxygens (including phenoxy) is 2. The fraction of sp³-hybridized carbons (Fsp3) is 0.533. The summed E-state index contributed by atoms with van der Waals surface area (Å²) < 4.78 is 11.2. The number of carbonyl (C=O) groups is 1. The van der Waals surface area contributed by atoms with E-state index in [2.05, 4.69) is 0 Å². The van der Waals surface area contributed by atoms with Gasteiger partial charge in [-0.15, -0.1) is 0 Å². The zero-order valence-electron chi connectivity index (χ0n) is 11.6. The van der Waals surface area contributed by atoms with Gasteiger partial charge in [0.1, 0.15) is 0 Å². The Morgan fingerprint density at radius 3 is 2.58 bits per heavy atom. The first kappa shape index (κ1) is 13.7. The van der Waals surface area contributed by atoms with Crippen molar-refractivity contribution >= 4 is 5.97 Å². The van der Waals surface area contributed by atoms with Crippen molar-refractivity contribution in [2.75, 3.05) is 7.11 Å². The molecule has 1 fully saturated rings. The van der Waals surface area contributed by atoms with E-state index in [4.69, 9.17) is 14.6 Å². The molecule has 0 heterocycles. The Balaban J connectivity index is 2.42. The third-order valence-corrected chi connectivity index (χ3v) is 3.47. The van der Waals surface area contributed by atoms with E-state index in [1.165, 1.54) is 0 Å². The highest BCUT2D eigenvalue weighted by Gasteiger charge is 2.48. The van der Waals surface area contributed by atoms with Crippen molar-refractivity contribution in [3.8, 4) is 11.5 Å². The van der Waals surface area contributed by atoms with Crippen LogP contribution in [0.1, 0.15) is 38.7 Å². The van der Waals surface area contributed by atoms with Crippen LogP contribution in [0.25, 0.3) is 0 Å². The molecule has 0 radical (unpaired) electrons. The minimum atomic E-state index is -0.768. The van der Waals surface area contributed by atoms with Gasteiger partial charge in [0.15, 0.2) is 11.5 Å². The van der Waals surface area contributed by atoms with Crippen molar-refractivity contribution in [3.63, 3.8) is 0 Å². The highest BCUT2D eigenvalue weighted by atomic mass is 16.5. The first-order valence-electron chi connectivity index (χ1n) is 6.54. The summed E-state index contributed by atoms with van der Waals surface area (Å²) >= 11 is 0. The molecule has 4 heteroatoms. The van der Waals surface area contributed by atoms with Crippen molar-refractivity contribution in [3.05, 3.63) is 23.8 Å². The molecule has 0 atom stereocenters. The van der Waals surface area contributed by atoms with Crippen molar-refractivity contribution in [1.29, 1.82) is 0 Å². The Kier molecular flexibility index (Phi) is 3.69. The quantitative estimate of drug-likeness (QED) is 0.858. The summed E-state index contributed by atoms with van der Waals surface area (Å²) in [4.78, 5) is 11.0. The second-order valence-corrected chi connectivity index (χ2v) is 5.35. The average Bonchev–Trinajstić information content (AvgIpc) is 3.08. The van der Waals surface area contributed by atoms with E-state index >= 15 is 0 Å². The minimum Gasteiger partial charge on any atom is -0.493 e. The lowest BCUT2D eigenvalue weighted by Gasteiger charge is -2.22. The molecule has 1 aliphatic rings. The largest absolute Gasteiger partial charge is 0.493 e. The lowest BCUT2D eigenvalue weighted by Crippen LogP contribution is -2.17. The van der Waals surface area contributed by atoms with Gasteiger partial charge in [-0.05, 0) is 32.8 Å². The van der Waals surface area contributed by atoms with Crippen LogP contribution < -0.4 is 9.47 Å². The van der Waals surface area contributed by atoms with Gasteiger partial charge < -0.3 is 14.6 Å². The second kappa shape index (κ2) is 5.11. The number of para-hydroxylation sites is 1. The molecule has 1 aromatic rings. The molecule has 0 aliphatic heterocycles. The van der Waals surface area contributed by atoms with Gasteiger partial charge in [-0.1, -0.05) is 12.1 Å². The zero-order chi connectivity index (χ0) is 14.0. The van der Waals surface area contributed by atoms with Gasteiger partial charge in [-0.2, -0.15) is 0 Å². The smallest absolute Gasteiger partial charge is 0.304 e. The SMILES string of the molecule is COc1cccc(C2(CC(=O)O)CC2)c1OC(C)C. The monoisotopic (exact) mass is 264 g/mol. The van der Waals surface area contributed by atoms with E-state index in [0.29, 0.717) is 11.5 Å². The third kappa shape index (κ3) is 2.83. The summed E-state index contributed by atoms with van der Waals surface area (Å²) in [5.41, 5.74) is 0.688. The normalized spacial score (nSPS) is 16.2. The molecule has 0 bridgehead atoms. The standard InChI is InChI=1S/C15H20O4/c1-10(2)19-14-11(5-4-6-12(14)18-3)15(7-8-15)9-13(16)17/h4-6,10H,7-9H2,1-3H3,(H,16,17). The van der Waals surface area contributed by atoms with Gasteiger partial charge in [0.05, 0.1) is 19.6 Å². The summed E-state index contributed by atoms with van der Waals surface area (Å²) in [5, 5.41) is 9.08. The summed E-state index contributed by atoms with van der Waals surface area (Å²) in [5.74, 6) is 0.595. The number of carboxylic acid groups (broad SMARTS) is 1. The van der Waals surface area contributed by atoms with Crippen LogP contribution in [-0.4, -0.2) is 24.3 Å². The van der Waals surface area contributed by atoms with E-state index in [1.807, 2.05) is 32.0 Å². The number of methoxy groups -OCH3 is 1. The van der Waals surface area contributed by atoms with Crippen molar-refractivity contribution in [1.82, 2.24) is 0 Å². The molecule has 0 unspecified atom stereocenters. The van der Waals surface area contributed by atoms with E-state index in [1.54, 1.807) is 7.11 Å². The molecular weight excluding hydrogens is 244 g/mol. The summed E-state index contributed by atoms with van der Waals surface area (Å²) in [7, 11) is 1.60. The maximum atomic E-state index is 11.0. The van der Waals surface area contributed by atoms with Gasteiger partial charge in [-0.25, -0.2) is 0 Å². The van der Waals surface area contributed by atoms with Crippen LogP contribution in [0.5, 0.6) is 11.5 Å². The number of rotatable bonds is 6. The molecule has 0 amide bonds. The predicted molar refractivity (Wildman–Crippen MR) is 71.9 cm³/mol. The van der Waals surface area contributed by atoms with Gasteiger partial charge in [0, 0.05) is 11.0 Å². The topological polar surface area (TPSA) is 55.8 Å². The molecule has 1 aromatic carbocycles. The van der Waals surface area contributed by atoms with E-state index < -0.39 is 5.97 Å². The Morgan fingerprint density at radius 1 is 1.42 bits per heavy atom. The predicted octanol–water partition coefficient (Wildman–Crippen LogP) is 2.99. The Morgan fingerprint density at radius 2 is 2.11 bits per heavy atom. The van der Waals surface area contributed by atoms with Crippen LogP contribution in [0, 0.1) is 0 Å². The van der Waals surface area contributed by atoms with E-state index in [0.717, 1.165) is 18.4 Å². The average molecular weight is 264 g/mol. The van der Waals surface area contributed by atoms with Gasteiger partial charge in [0.25, 0.3) is 0 Å². The minimum absolute atomic E-state index is 0.0238. The molecule has 1 N–H and O–H groups in total. The van der Waals surface area contributed by atoms with Gasteiger partial charge in [-0.3, -0.25) is 4.79 Å². The van der Waals surface area contributed by atoms with Crippen molar-refractivity contribution < 1.29 is 19.4 Å². The molecule has 104 valence electrons.